The zero-order valence-corrected chi connectivity index (χ0v) is 18.8. The Morgan fingerprint density at radius 3 is 2.40 bits per heavy atom. The van der Waals surface area contributed by atoms with Crippen molar-refractivity contribution in [1.29, 1.82) is 0 Å². The first-order valence-corrected chi connectivity index (χ1v) is 11.4. The van der Waals surface area contributed by atoms with Crippen molar-refractivity contribution in [3.63, 3.8) is 0 Å². The molecule has 30 heavy (non-hydrogen) atoms. The lowest BCUT2D eigenvalue weighted by atomic mass is 9.71. The summed E-state index contributed by atoms with van der Waals surface area (Å²) in [5.41, 5.74) is 6.99. The van der Waals surface area contributed by atoms with Crippen molar-refractivity contribution in [1.82, 2.24) is 14.8 Å². The van der Waals surface area contributed by atoms with E-state index in [0.29, 0.717) is 17.2 Å². The van der Waals surface area contributed by atoms with Gasteiger partial charge in [0.2, 0.25) is 0 Å². The van der Waals surface area contributed by atoms with Crippen molar-refractivity contribution >= 4 is 17.6 Å². The molecular formula is C23H37N5O2. The normalized spacial score (nSPS) is 22.8. The molecule has 7 heteroatoms. The Labute approximate surface area is 180 Å². The number of nitrogens with zero attached hydrogens (tertiary/aromatic N) is 4. The molecule has 0 aliphatic carbocycles. The zero-order valence-electron chi connectivity index (χ0n) is 18.8. The van der Waals surface area contributed by atoms with E-state index < -0.39 is 5.60 Å². The highest BCUT2D eigenvalue weighted by atomic mass is 16.6. The first-order chi connectivity index (χ1) is 14.2. The van der Waals surface area contributed by atoms with Crippen LogP contribution in [0.4, 0.5) is 16.3 Å². The summed E-state index contributed by atoms with van der Waals surface area (Å²) in [6.45, 7) is 13.3. The van der Waals surface area contributed by atoms with Gasteiger partial charge in [-0.1, -0.05) is 0 Å². The van der Waals surface area contributed by atoms with E-state index in [0.717, 1.165) is 39.0 Å². The van der Waals surface area contributed by atoms with Crippen molar-refractivity contribution < 1.29 is 9.53 Å². The van der Waals surface area contributed by atoms with Gasteiger partial charge >= 0.3 is 6.09 Å². The maximum Gasteiger partial charge on any atom is 0.410 e. The van der Waals surface area contributed by atoms with E-state index in [1.54, 1.807) is 0 Å². The Balaban J connectivity index is 1.17. The minimum absolute atomic E-state index is 0.160. The molecule has 0 atom stereocenters. The quantitative estimate of drug-likeness (QED) is 0.817. The van der Waals surface area contributed by atoms with Gasteiger partial charge in [0.1, 0.15) is 11.4 Å². The van der Waals surface area contributed by atoms with Crippen molar-refractivity contribution in [2.24, 2.45) is 11.3 Å². The van der Waals surface area contributed by atoms with Crippen LogP contribution in [0.15, 0.2) is 18.3 Å². The Hall–Kier alpha value is -2.02. The van der Waals surface area contributed by atoms with Crippen molar-refractivity contribution in [3.8, 4) is 0 Å². The molecule has 3 saturated heterocycles. The molecule has 1 amide bonds. The van der Waals surface area contributed by atoms with E-state index in [1.165, 1.54) is 38.2 Å². The van der Waals surface area contributed by atoms with Gasteiger partial charge in [0.05, 0.1) is 11.9 Å². The van der Waals surface area contributed by atoms with Crippen LogP contribution in [-0.4, -0.2) is 72.3 Å². The molecule has 4 rings (SSSR count). The molecule has 3 aliphatic heterocycles. The first-order valence-electron chi connectivity index (χ1n) is 11.4. The molecule has 3 fully saturated rings. The number of nitrogens with two attached hydrogens (primary N) is 1. The van der Waals surface area contributed by atoms with Gasteiger partial charge in [-0.15, -0.1) is 0 Å². The van der Waals surface area contributed by atoms with Gasteiger partial charge in [0, 0.05) is 45.8 Å². The summed E-state index contributed by atoms with van der Waals surface area (Å²) in [6.07, 6.45) is 6.41. The fraction of sp³-hybridized carbons (Fsp3) is 0.739. The summed E-state index contributed by atoms with van der Waals surface area (Å²) in [5.74, 6) is 1.28. The number of carbonyl (C=O) groups excluding carboxylic acids is 1. The average molecular weight is 416 g/mol. The summed E-state index contributed by atoms with van der Waals surface area (Å²) in [4.78, 5) is 23.4. The van der Waals surface area contributed by atoms with E-state index in [-0.39, 0.29) is 6.09 Å². The van der Waals surface area contributed by atoms with Crippen LogP contribution in [0.25, 0.3) is 0 Å². The monoisotopic (exact) mass is 415 g/mol. The highest BCUT2D eigenvalue weighted by molar-refractivity contribution is 5.68. The molecule has 3 aliphatic rings. The van der Waals surface area contributed by atoms with Crippen LogP contribution >= 0.6 is 0 Å². The number of anilines is 2. The maximum atomic E-state index is 12.2. The van der Waals surface area contributed by atoms with E-state index in [9.17, 15) is 4.79 Å². The second-order valence-electron chi connectivity index (χ2n) is 10.5. The van der Waals surface area contributed by atoms with Crippen LogP contribution in [0.5, 0.6) is 0 Å². The molecular weight excluding hydrogens is 378 g/mol. The van der Waals surface area contributed by atoms with Gasteiger partial charge in [0.15, 0.2) is 0 Å². The third-order valence-corrected chi connectivity index (χ3v) is 6.86. The van der Waals surface area contributed by atoms with Crippen molar-refractivity contribution in [2.75, 3.05) is 56.4 Å². The Kier molecular flexibility index (Phi) is 5.84. The molecule has 0 saturated carbocycles. The topological polar surface area (TPSA) is 74.9 Å². The number of carbonyl (C=O) groups is 1. The number of aromatic nitrogens is 1. The number of pyridine rings is 1. The van der Waals surface area contributed by atoms with Gasteiger partial charge in [-0.05, 0) is 69.9 Å². The maximum absolute atomic E-state index is 12.2. The van der Waals surface area contributed by atoms with Crippen LogP contribution in [0.1, 0.15) is 46.5 Å². The fourth-order valence-corrected chi connectivity index (χ4v) is 5.16. The third kappa shape index (κ3) is 4.99. The van der Waals surface area contributed by atoms with Crippen LogP contribution in [0.2, 0.25) is 0 Å². The molecule has 166 valence electrons. The standard InChI is InChI=1S/C23H37N5O2/c1-22(2,3)30-21(29)28-10-6-18(7-11-28)15-26-16-23(17-26)8-12-27(13-9-23)19-4-5-20(24)25-14-19/h4-5,14,18H,6-13,15-17H2,1-3H3,(H2,24,25). The molecule has 0 bridgehead atoms. The summed E-state index contributed by atoms with van der Waals surface area (Å²) in [7, 11) is 0. The molecule has 1 aromatic rings. The predicted molar refractivity (Wildman–Crippen MR) is 120 cm³/mol. The second-order valence-corrected chi connectivity index (χ2v) is 10.5. The lowest BCUT2D eigenvalue weighted by molar-refractivity contribution is -0.0339. The highest BCUT2D eigenvalue weighted by Crippen LogP contribution is 2.42. The Morgan fingerprint density at radius 1 is 1.17 bits per heavy atom. The molecule has 2 N–H and O–H groups in total. The number of ether oxygens (including phenoxy) is 1. The summed E-state index contributed by atoms with van der Waals surface area (Å²) in [6, 6.07) is 3.97. The summed E-state index contributed by atoms with van der Waals surface area (Å²) >= 11 is 0. The molecule has 0 aromatic carbocycles. The molecule has 4 heterocycles. The predicted octanol–water partition coefficient (Wildman–Crippen LogP) is 3.21. The average Bonchev–Trinajstić information content (AvgIpc) is 2.67. The second kappa shape index (κ2) is 8.25. The smallest absolute Gasteiger partial charge is 0.410 e. The SMILES string of the molecule is CC(C)(C)OC(=O)N1CCC(CN2CC3(CCN(c4ccc(N)nc4)CC3)C2)CC1. The summed E-state index contributed by atoms with van der Waals surface area (Å²) < 4.78 is 5.51. The van der Waals surface area contributed by atoms with Gasteiger partial charge in [-0.2, -0.15) is 0 Å². The van der Waals surface area contributed by atoms with Gasteiger partial charge < -0.3 is 25.2 Å². The zero-order chi connectivity index (χ0) is 21.4. The summed E-state index contributed by atoms with van der Waals surface area (Å²) in [5, 5.41) is 0. The number of hydrogen-bond acceptors (Lipinski definition) is 6. The first kappa shape index (κ1) is 21.2. The molecule has 1 aromatic heterocycles. The number of nitrogen functional groups attached to an aromatic ring is 1. The number of amides is 1. The lowest BCUT2D eigenvalue weighted by Gasteiger charge is -2.55. The molecule has 1 spiro atoms. The van der Waals surface area contributed by atoms with E-state index in [4.69, 9.17) is 10.5 Å². The fourth-order valence-electron chi connectivity index (χ4n) is 5.16. The molecule has 7 nitrogen and oxygen atoms in total. The van der Waals surface area contributed by atoms with Gasteiger partial charge in [-0.3, -0.25) is 0 Å². The number of rotatable bonds is 3. The minimum atomic E-state index is -0.417. The number of likely N-dealkylation sites (tertiary alicyclic amines) is 2. The molecule has 0 radical (unpaired) electrons. The minimum Gasteiger partial charge on any atom is -0.444 e. The van der Waals surface area contributed by atoms with E-state index in [2.05, 4.69) is 20.9 Å². The van der Waals surface area contributed by atoms with Crippen molar-refractivity contribution in [3.05, 3.63) is 18.3 Å². The Morgan fingerprint density at radius 2 is 1.83 bits per heavy atom. The van der Waals surface area contributed by atoms with Crippen LogP contribution in [0, 0.1) is 11.3 Å². The number of piperidine rings is 2. The van der Waals surface area contributed by atoms with Crippen molar-refractivity contribution in [2.45, 2.75) is 52.1 Å². The van der Waals surface area contributed by atoms with E-state index >= 15 is 0 Å². The highest BCUT2D eigenvalue weighted by Gasteiger charge is 2.45. The Bertz CT molecular complexity index is 721. The largest absolute Gasteiger partial charge is 0.444 e. The van der Waals surface area contributed by atoms with Crippen LogP contribution < -0.4 is 10.6 Å². The van der Waals surface area contributed by atoms with E-state index in [1.807, 2.05) is 37.9 Å². The van der Waals surface area contributed by atoms with Crippen LogP contribution in [-0.2, 0) is 4.74 Å². The molecule has 0 unspecified atom stereocenters. The number of hydrogen-bond donors (Lipinski definition) is 1. The van der Waals surface area contributed by atoms with Crippen LogP contribution in [0.3, 0.4) is 0 Å². The van der Waals surface area contributed by atoms with Gasteiger partial charge in [0.25, 0.3) is 0 Å². The van der Waals surface area contributed by atoms with Gasteiger partial charge in [-0.25, -0.2) is 9.78 Å². The lowest BCUT2D eigenvalue weighted by Crippen LogP contribution is -2.61. The third-order valence-electron chi connectivity index (χ3n) is 6.86.